The van der Waals surface area contributed by atoms with Gasteiger partial charge < -0.3 is 19.5 Å². The van der Waals surface area contributed by atoms with Gasteiger partial charge in [-0.25, -0.2) is 4.79 Å². The maximum atomic E-state index is 12.3. The molecule has 3 aliphatic rings. The lowest BCUT2D eigenvalue weighted by atomic mass is 9.74. The van der Waals surface area contributed by atoms with Gasteiger partial charge in [-0.2, -0.15) is 5.26 Å². The summed E-state index contributed by atoms with van der Waals surface area (Å²) in [6.45, 7) is 6.37. The number of aliphatic hydroxyl groups is 1. The van der Waals surface area contributed by atoms with Crippen LogP contribution in [0.3, 0.4) is 0 Å². The van der Waals surface area contributed by atoms with E-state index in [0.717, 1.165) is 18.4 Å². The molecule has 0 spiro atoms. The molecule has 1 amide bonds. The van der Waals surface area contributed by atoms with Gasteiger partial charge in [-0.15, -0.1) is 0 Å². The van der Waals surface area contributed by atoms with Gasteiger partial charge in [0.15, 0.2) is 0 Å². The summed E-state index contributed by atoms with van der Waals surface area (Å²) in [5.41, 5.74) is -1.38. The molecule has 3 fully saturated rings. The van der Waals surface area contributed by atoms with Crippen LogP contribution in [-0.4, -0.2) is 63.7 Å². The quantitative estimate of drug-likeness (QED) is 0.819. The van der Waals surface area contributed by atoms with Crippen molar-refractivity contribution in [2.75, 3.05) is 19.7 Å². The number of carbonyl (C=O) groups is 1. The third-order valence-electron chi connectivity index (χ3n) is 6.26. The first kappa shape index (κ1) is 21.1. The molecule has 4 rings (SSSR count). The van der Waals surface area contributed by atoms with E-state index in [2.05, 4.69) is 23.1 Å². The first-order valence-electron chi connectivity index (χ1n) is 10.7. The van der Waals surface area contributed by atoms with Gasteiger partial charge in [0.05, 0.1) is 31.8 Å². The minimum absolute atomic E-state index is 0.0122. The van der Waals surface area contributed by atoms with Crippen LogP contribution < -0.4 is 0 Å². The van der Waals surface area contributed by atoms with Crippen LogP contribution in [0.15, 0.2) is 30.3 Å². The molecule has 0 bridgehead atoms. The minimum atomic E-state index is -1.10. The zero-order chi connectivity index (χ0) is 21.6. The van der Waals surface area contributed by atoms with E-state index in [-0.39, 0.29) is 25.4 Å². The summed E-state index contributed by atoms with van der Waals surface area (Å²) in [4.78, 5) is 16.0. The number of hydrogen-bond donors (Lipinski definition) is 1. The van der Waals surface area contributed by atoms with Crippen molar-refractivity contribution in [1.82, 2.24) is 9.80 Å². The second-order valence-corrected chi connectivity index (χ2v) is 9.89. The fraction of sp³-hybridized carbons (Fsp3) is 0.652. The van der Waals surface area contributed by atoms with Gasteiger partial charge in [0.2, 0.25) is 0 Å². The maximum Gasteiger partial charge on any atom is 0.410 e. The lowest BCUT2D eigenvalue weighted by Gasteiger charge is -2.53. The normalized spacial score (nSPS) is 30.8. The number of carbonyl (C=O) groups excluding carboxylic acids is 1. The number of benzene rings is 1. The van der Waals surface area contributed by atoms with Crippen molar-refractivity contribution < 1.29 is 19.4 Å². The van der Waals surface area contributed by atoms with Gasteiger partial charge >= 0.3 is 6.09 Å². The van der Waals surface area contributed by atoms with Crippen LogP contribution in [0, 0.1) is 11.3 Å². The van der Waals surface area contributed by atoms with Crippen LogP contribution in [0.5, 0.6) is 0 Å². The second-order valence-electron chi connectivity index (χ2n) is 9.89. The Hall–Kier alpha value is -2.14. The first-order valence-corrected chi connectivity index (χ1v) is 10.7. The molecule has 3 saturated heterocycles. The summed E-state index contributed by atoms with van der Waals surface area (Å²) >= 11 is 0. The highest BCUT2D eigenvalue weighted by Gasteiger charge is 2.57. The number of ether oxygens (including phenoxy) is 2. The second kappa shape index (κ2) is 7.52. The molecule has 0 aliphatic carbocycles. The van der Waals surface area contributed by atoms with E-state index in [0.29, 0.717) is 19.4 Å². The molecule has 0 saturated carbocycles. The Balaban J connectivity index is 1.52. The average Bonchev–Trinajstić information content (AvgIpc) is 3.11. The zero-order valence-electron chi connectivity index (χ0n) is 18.0. The number of likely N-dealkylation sites (tertiary alicyclic amines) is 1. The van der Waals surface area contributed by atoms with E-state index < -0.39 is 22.8 Å². The molecule has 7 heteroatoms. The van der Waals surface area contributed by atoms with E-state index in [9.17, 15) is 15.2 Å². The van der Waals surface area contributed by atoms with E-state index >= 15 is 0 Å². The van der Waals surface area contributed by atoms with Gasteiger partial charge in [0, 0.05) is 6.42 Å². The molecular formula is C23H31N3O4. The smallest absolute Gasteiger partial charge is 0.410 e. The van der Waals surface area contributed by atoms with Crippen molar-refractivity contribution in [1.29, 1.82) is 5.26 Å². The van der Waals surface area contributed by atoms with Crippen LogP contribution in [0.25, 0.3) is 0 Å². The fourth-order valence-electron chi connectivity index (χ4n) is 5.10. The van der Waals surface area contributed by atoms with Gasteiger partial charge in [-0.1, -0.05) is 30.3 Å². The number of fused-ring (bicyclic) bond motifs is 1. The Labute approximate surface area is 178 Å². The minimum Gasteiger partial charge on any atom is -0.444 e. The monoisotopic (exact) mass is 413 g/mol. The SMILES string of the molecule is CC(C)(C)OC(=O)N1CC(O)(C[C@]2(C#N)CCC[C@@H]3OCC(c4ccccc4)N32)C1. The standard InChI is InChI=1S/C23H31N3O4/c1-21(2,3)30-20(27)25-15-23(28,16-25)13-22(14-24)11-7-10-19-26(22)18(12-29-19)17-8-5-4-6-9-17/h4-6,8-9,18-19,28H,7,10-13,15-16H2,1-3H3/t18?,19-,22-/m0/s1. The molecule has 1 aromatic carbocycles. The first-order chi connectivity index (χ1) is 14.1. The van der Waals surface area contributed by atoms with Crippen molar-refractivity contribution in [3.63, 3.8) is 0 Å². The zero-order valence-corrected chi connectivity index (χ0v) is 18.0. The summed E-state index contributed by atoms with van der Waals surface area (Å²) in [7, 11) is 0. The van der Waals surface area contributed by atoms with Crippen LogP contribution >= 0.6 is 0 Å². The predicted octanol–water partition coefficient (Wildman–Crippen LogP) is 3.20. The summed E-state index contributed by atoms with van der Waals surface area (Å²) in [5.74, 6) is 0. The number of β-amino-alcohol motifs (C(OH)–C–C–N with tert-alkyl or cyclic N) is 1. The van der Waals surface area contributed by atoms with Crippen molar-refractivity contribution in [2.45, 2.75) is 75.5 Å². The number of nitriles is 1. The Bertz CT molecular complexity index is 825. The highest BCUT2D eigenvalue weighted by atomic mass is 16.6. The van der Waals surface area contributed by atoms with Crippen molar-refractivity contribution >= 4 is 6.09 Å². The maximum absolute atomic E-state index is 12.3. The molecule has 1 N–H and O–H groups in total. The van der Waals surface area contributed by atoms with Crippen molar-refractivity contribution in [3.8, 4) is 6.07 Å². The van der Waals surface area contributed by atoms with Gasteiger partial charge in [0.25, 0.3) is 0 Å². The summed E-state index contributed by atoms with van der Waals surface area (Å²) in [6.07, 6.45) is 2.19. The van der Waals surface area contributed by atoms with E-state index in [1.807, 2.05) is 39.0 Å². The number of rotatable bonds is 3. The number of piperidine rings is 1. The Morgan fingerprint density at radius 1 is 1.33 bits per heavy atom. The molecule has 162 valence electrons. The highest BCUT2D eigenvalue weighted by molar-refractivity contribution is 5.69. The summed E-state index contributed by atoms with van der Waals surface area (Å²) < 4.78 is 11.5. The number of hydrogen-bond acceptors (Lipinski definition) is 6. The highest BCUT2D eigenvalue weighted by Crippen LogP contribution is 2.48. The Kier molecular flexibility index (Phi) is 5.29. The topological polar surface area (TPSA) is 86.0 Å². The molecule has 1 aromatic rings. The van der Waals surface area contributed by atoms with Gasteiger partial charge in [-0.05, 0) is 45.6 Å². The van der Waals surface area contributed by atoms with Gasteiger partial charge in [-0.3, -0.25) is 4.90 Å². The molecule has 7 nitrogen and oxygen atoms in total. The van der Waals surface area contributed by atoms with Crippen LogP contribution in [0.4, 0.5) is 4.79 Å². The largest absolute Gasteiger partial charge is 0.444 e. The van der Waals surface area contributed by atoms with E-state index in [4.69, 9.17) is 9.47 Å². The predicted molar refractivity (Wildman–Crippen MR) is 110 cm³/mol. The molecule has 3 aliphatic heterocycles. The Morgan fingerprint density at radius 2 is 2.03 bits per heavy atom. The lowest BCUT2D eigenvalue weighted by Crippen LogP contribution is -2.68. The molecule has 0 aromatic heterocycles. The molecule has 30 heavy (non-hydrogen) atoms. The summed E-state index contributed by atoms with van der Waals surface area (Å²) in [5, 5.41) is 21.5. The van der Waals surface area contributed by atoms with E-state index in [1.165, 1.54) is 4.90 Å². The number of amides is 1. The van der Waals surface area contributed by atoms with E-state index in [1.54, 1.807) is 0 Å². The Morgan fingerprint density at radius 3 is 2.67 bits per heavy atom. The molecular weight excluding hydrogens is 382 g/mol. The van der Waals surface area contributed by atoms with Gasteiger partial charge in [0.1, 0.15) is 23.0 Å². The average molecular weight is 414 g/mol. The molecule has 3 atom stereocenters. The summed E-state index contributed by atoms with van der Waals surface area (Å²) in [6, 6.07) is 12.6. The number of nitrogens with zero attached hydrogens (tertiary/aromatic N) is 3. The molecule has 0 radical (unpaired) electrons. The van der Waals surface area contributed by atoms with Crippen LogP contribution in [0.2, 0.25) is 0 Å². The molecule has 1 unspecified atom stereocenters. The van der Waals surface area contributed by atoms with Crippen LogP contribution in [-0.2, 0) is 9.47 Å². The molecule has 3 heterocycles. The third-order valence-corrected chi connectivity index (χ3v) is 6.26. The van der Waals surface area contributed by atoms with Crippen LogP contribution in [0.1, 0.15) is 58.1 Å². The lowest BCUT2D eigenvalue weighted by molar-refractivity contribution is -0.139. The van der Waals surface area contributed by atoms with Crippen molar-refractivity contribution in [3.05, 3.63) is 35.9 Å². The fourth-order valence-corrected chi connectivity index (χ4v) is 5.10. The van der Waals surface area contributed by atoms with Crippen molar-refractivity contribution in [2.24, 2.45) is 0 Å². The third kappa shape index (κ3) is 3.92.